The van der Waals surface area contributed by atoms with E-state index in [0.717, 1.165) is 28.0 Å². The summed E-state index contributed by atoms with van der Waals surface area (Å²) in [5.74, 6) is 0.714. The SMILES string of the molecule is CCn1c(C)cc(C(=O)COc2ccc(Br)cc2)c1C. The predicted octanol–water partition coefficient (Wildman–Crippen LogP) is 4.15. The summed E-state index contributed by atoms with van der Waals surface area (Å²) in [5, 5.41) is 0. The average molecular weight is 336 g/mol. The molecule has 20 heavy (non-hydrogen) atoms. The third kappa shape index (κ3) is 3.12. The van der Waals surface area contributed by atoms with Crippen LogP contribution in [0.3, 0.4) is 0 Å². The molecule has 0 fully saturated rings. The highest BCUT2D eigenvalue weighted by Gasteiger charge is 2.15. The molecule has 0 amide bonds. The van der Waals surface area contributed by atoms with Gasteiger partial charge in [0, 0.05) is 28.0 Å². The zero-order valence-corrected chi connectivity index (χ0v) is 13.5. The molecule has 0 bridgehead atoms. The minimum absolute atomic E-state index is 0.0146. The van der Waals surface area contributed by atoms with Gasteiger partial charge in [-0.05, 0) is 51.1 Å². The molecule has 0 radical (unpaired) electrons. The molecule has 0 aliphatic rings. The third-order valence-corrected chi connectivity index (χ3v) is 3.90. The predicted molar refractivity (Wildman–Crippen MR) is 83.5 cm³/mol. The maximum absolute atomic E-state index is 12.2. The number of benzene rings is 1. The van der Waals surface area contributed by atoms with E-state index in [9.17, 15) is 4.79 Å². The Balaban J connectivity index is 2.07. The highest BCUT2D eigenvalue weighted by Crippen LogP contribution is 2.18. The zero-order valence-electron chi connectivity index (χ0n) is 11.9. The summed E-state index contributed by atoms with van der Waals surface area (Å²) in [4.78, 5) is 12.2. The number of rotatable bonds is 5. The first-order valence-corrected chi connectivity index (χ1v) is 7.40. The first kappa shape index (κ1) is 14.9. The van der Waals surface area contributed by atoms with Crippen molar-refractivity contribution in [3.63, 3.8) is 0 Å². The quantitative estimate of drug-likeness (QED) is 0.768. The van der Waals surface area contributed by atoms with Crippen molar-refractivity contribution in [2.75, 3.05) is 6.61 Å². The molecule has 106 valence electrons. The monoisotopic (exact) mass is 335 g/mol. The fourth-order valence-corrected chi connectivity index (χ4v) is 2.59. The molecule has 1 heterocycles. The van der Waals surface area contributed by atoms with E-state index in [0.29, 0.717) is 5.75 Å². The van der Waals surface area contributed by atoms with Crippen LogP contribution in [0, 0.1) is 13.8 Å². The number of nitrogens with zero attached hydrogens (tertiary/aromatic N) is 1. The molecule has 0 N–H and O–H groups in total. The van der Waals surface area contributed by atoms with Crippen molar-refractivity contribution in [1.82, 2.24) is 4.57 Å². The van der Waals surface area contributed by atoms with Crippen molar-refractivity contribution in [3.8, 4) is 5.75 Å². The van der Waals surface area contributed by atoms with Crippen molar-refractivity contribution in [1.29, 1.82) is 0 Å². The molecule has 1 aromatic carbocycles. The molecule has 1 aromatic heterocycles. The Morgan fingerprint density at radius 2 is 1.90 bits per heavy atom. The van der Waals surface area contributed by atoms with Crippen LogP contribution in [0.1, 0.15) is 28.7 Å². The number of hydrogen-bond acceptors (Lipinski definition) is 2. The van der Waals surface area contributed by atoms with Crippen LogP contribution >= 0.6 is 15.9 Å². The molecule has 2 aromatic rings. The highest BCUT2D eigenvalue weighted by atomic mass is 79.9. The number of halogens is 1. The fourth-order valence-electron chi connectivity index (χ4n) is 2.33. The van der Waals surface area contributed by atoms with Gasteiger partial charge in [0.25, 0.3) is 0 Å². The maximum Gasteiger partial charge on any atom is 0.202 e. The summed E-state index contributed by atoms with van der Waals surface area (Å²) in [5.41, 5.74) is 2.87. The van der Waals surface area contributed by atoms with Gasteiger partial charge in [0.1, 0.15) is 5.75 Å². The van der Waals surface area contributed by atoms with Gasteiger partial charge >= 0.3 is 0 Å². The number of hydrogen-bond donors (Lipinski definition) is 0. The second-order valence-electron chi connectivity index (χ2n) is 4.69. The van der Waals surface area contributed by atoms with E-state index < -0.39 is 0 Å². The molecule has 2 rings (SSSR count). The Morgan fingerprint density at radius 1 is 1.25 bits per heavy atom. The van der Waals surface area contributed by atoms with Crippen LogP contribution in [0.15, 0.2) is 34.8 Å². The van der Waals surface area contributed by atoms with Gasteiger partial charge in [-0.2, -0.15) is 0 Å². The van der Waals surface area contributed by atoms with Crippen LogP contribution in [-0.2, 0) is 6.54 Å². The molecule has 0 aliphatic heterocycles. The van der Waals surface area contributed by atoms with E-state index in [1.807, 2.05) is 44.2 Å². The molecule has 0 aliphatic carbocycles. The number of carbonyl (C=O) groups excluding carboxylic acids is 1. The molecule has 3 nitrogen and oxygen atoms in total. The lowest BCUT2D eigenvalue weighted by Gasteiger charge is -2.07. The van der Waals surface area contributed by atoms with E-state index in [1.54, 1.807) is 0 Å². The number of ether oxygens (including phenoxy) is 1. The number of ketones is 1. The van der Waals surface area contributed by atoms with Crippen LogP contribution in [0.5, 0.6) is 5.75 Å². The van der Waals surface area contributed by atoms with Crippen molar-refractivity contribution in [2.24, 2.45) is 0 Å². The Labute approximate surface area is 127 Å². The molecule has 4 heteroatoms. The molecule has 0 atom stereocenters. The molecule has 0 spiro atoms. The first-order valence-electron chi connectivity index (χ1n) is 6.61. The van der Waals surface area contributed by atoms with Gasteiger partial charge in [0.2, 0.25) is 5.78 Å². The number of aryl methyl sites for hydroxylation is 1. The second-order valence-corrected chi connectivity index (χ2v) is 5.61. The Bertz CT molecular complexity index is 614. The van der Waals surface area contributed by atoms with E-state index >= 15 is 0 Å². The standard InChI is InChI=1S/C16H18BrNO2/c1-4-18-11(2)9-15(12(18)3)16(19)10-20-14-7-5-13(17)6-8-14/h5-9H,4,10H2,1-3H3. The second kappa shape index (κ2) is 6.27. The lowest BCUT2D eigenvalue weighted by molar-refractivity contribution is 0.0921. The van der Waals surface area contributed by atoms with E-state index in [1.165, 1.54) is 0 Å². The molecular weight excluding hydrogens is 318 g/mol. The van der Waals surface area contributed by atoms with Crippen LogP contribution in [0.4, 0.5) is 0 Å². The van der Waals surface area contributed by atoms with Crippen LogP contribution < -0.4 is 4.74 Å². The minimum atomic E-state index is 0.0146. The number of carbonyl (C=O) groups is 1. The van der Waals surface area contributed by atoms with Crippen molar-refractivity contribution >= 4 is 21.7 Å². The van der Waals surface area contributed by atoms with E-state index in [2.05, 4.69) is 27.4 Å². The number of aromatic nitrogens is 1. The van der Waals surface area contributed by atoms with Crippen LogP contribution in [0.2, 0.25) is 0 Å². The van der Waals surface area contributed by atoms with Gasteiger partial charge in [0.15, 0.2) is 6.61 Å². The van der Waals surface area contributed by atoms with Crippen molar-refractivity contribution in [3.05, 3.63) is 51.8 Å². The van der Waals surface area contributed by atoms with Gasteiger partial charge in [0.05, 0.1) is 0 Å². The van der Waals surface area contributed by atoms with Gasteiger partial charge in [-0.3, -0.25) is 4.79 Å². The smallest absolute Gasteiger partial charge is 0.202 e. The topological polar surface area (TPSA) is 31.2 Å². The molecule has 0 saturated heterocycles. The summed E-state index contributed by atoms with van der Waals surface area (Å²) in [6.45, 7) is 7.01. The van der Waals surface area contributed by atoms with Crippen molar-refractivity contribution in [2.45, 2.75) is 27.3 Å². The number of Topliss-reactive ketones (excluding diaryl/α,β-unsaturated/α-hetero) is 1. The zero-order chi connectivity index (χ0) is 14.7. The van der Waals surface area contributed by atoms with Gasteiger partial charge in [-0.25, -0.2) is 0 Å². The first-order chi connectivity index (χ1) is 9.52. The van der Waals surface area contributed by atoms with Gasteiger partial charge in [-0.1, -0.05) is 15.9 Å². The maximum atomic E-state index is 12.2. The summed E-state index contributed by atoms with van der Waals surface area (Å²) in [6.07, 6.45) is 0. The molecule has 0 saturated carbocycles. The molecular formula is C16H18BrNO2. The Hall–Kier alpha value is -1.55. The fraction of sp³-hybridized carbons (Fsp3) is 0.312. The normalized spacial score (nSPS) is 10.6. The third-order valence-electron chi connectivity index (χ3n) is 3.37. The van der Waals surface area contributed by atoms with Gasteiger partial charge in [-0.15, -0.1) is 0 Å². The average Bonchev–Trinajstić information content (AvgIpc) is 2.72. The lowest BCUT2D eigenvalue weighted by Crippen LogP contribution is -2.12. The largest absolute Gasteiger partial charge is 0.485 e. The van der Waals surface area contributed by atoms with Crippen molar-refractivity contribution < 1.29 is 9.53 Å². The van der Waals surface area contributed by atoms with Gasteiger partial charge < -0.3 is 9.30 Å². The summed E-state index contributed by atoms with van der Waals surface area (Å²) < 4.78 is 8.66. The Kier molecular flexibility index (Phi) is 4.65. The highest BCUT2D eigenvalue weighted by molar-refractivity contribution is 9.10. The molecule has 0 unspecified atom stereocenters. The van der Waals surface area contributed by atoms with Crippen LogP contribution in [-0.4, -0.2) is 17.0 Å². The Morgan fingerprint density at radius 3 is 2.45 bits per heavy atom. The summed E-state index contributed by atoms with van der Waals surface area (Å²) in [7, 11) is 0. The van der Waals surface area contributed by atoms with E-state index in [-0.39, 0.29) is 12.4 Å². The summed E-state index contributed by atoms with van der Waals surface area (Å²) >= 11 is 3.37. The van der Waals surface area contributed by atoms with E-state index in [4.69, 9.17) is 4.74 Å². The minimum Gasteiger partial charge on any atom is -0.485 e. The lowest BCUT2D eigenvalue weighted by atomic mass is 10.1. The summed E-state index contributed by atoms with van der Waals surface area (Å²) in [6, 6.07) is 9.40. The van der Waals surface area contributed by atoms with Crippen LogP contribution in [0.25, 0.3) is 0 Å².